The molecule has 0 spiro atoms. The number of nitrogens with zero attached hydrogens (tertiary/aromatic N) is 1. The molecule has 15 heavy (non-hydrogen) atoms. The number of pyridine rings is 1. The van der Waals surface area contributed by atoms with Crippen LogP contribution in [0.15, 0.2) is 18.5 Å². The first kappa shape index (κ1) is 10.0. The number of fused-ring (bicyclic) bond motifs is 1. The third-order valence-electron chi connectivity index (χ3n) is 2.37. The molecule has 2 aromatic rings. The quantitative estimate of drug-likeness (QED) is 0.578. The minimum absolute atomic E-state index is 0.0209. The summed E-state index contributed by atoms with van der Waals surface area (Å²) in [6.07, 6.45) is 3.44. The highest BCUT2D eigenvalue weighted by molar-refractivity contribution is 6.52. The van der Waals surface area contributed by atoms with E-state index in [-0.39, 0.29) is 12.1 Å². The molecule has 2 rings (SSSR count). The zero-order valence-electron chi connectivity index (χ0n) is 8.45. The Hall–Kier alpha value is -1.51. The lowest BCUT2D eigenvalue weighted by Crippen LogP contribution is -2.11. The molecule has 3 radical (unpaired) electrons. The first-order valence-electron chi connectivity index (χ1n) is 4.76. The summed E-state index contributed by atoms with van der Waals surface area (Å²) in [5.74, 6) is -0.0729. The number of carbonyl (C=O) groups is 1. The third-order valence-corrected chi connectivity index (χ3v) is 2.37. The number of carbonyl (C=O) groups excluding carboxylic acids is 1. The molecular formula is C10H9B2N2O. The van der Waals surface area contributed by atoms with Gasteiger partial charge in [-0.2, -0.15) is 0 Å². The van der Waals surface area contributed by atoms with E-state index < -0.39 is 0 Å². The lowest BCUT2D eigenvalue weighted by atomic mass is 9.74. The Kier molecular flexibility index (Phi) is 2.62. The maximum atomic E-state index is 11.5. The van der Waals surface area contributed by atoms with E-state index in [1.807, 2.05) is 20.2 Å². The zero-order valence-corrected chi connectivity index (χ0v) is 8.45. The summed E-state index contributed by atoms with van der Waals surface area (Å²) in [6, 6.07) is 1.93. The Balaban J connectivity index is 2.61. The summed E-state index contributed by atoms with van der Waals surface area (Å²) in [7, 11) is 7.27. The molecule has 0 aromatic carbocycles. The molecular weight excluding hydrogens is 186 g/mol. The Morgan fingerprint density at radius 3 is 3.13 bits per heavy atom. The summed E-state index contributed by atoms with van der Waals surface area (Å²) in [4.78, 5) is 18.7. The SMILES string of the molecule is [B]CC(=O)c1c[nH]c2ncc([B]C)cc12. The lowest BCUT2D eigenvalue weighted by Gasteiger charge is -1.97. The minimum Gasteiger partial charge on any atom is -0.345 e. The topological polar surface area (TPSA) is 45.8 Å². The van der Waals surface area contributed by atoms with E-state index in [1.165, 1.54) is 0 Å². The summed E-state index contributed by atoms with van der Waals surface area (Å²) in [6.45, 7) is 1.93. The molecule has 0 aliphatic carbocycles. The lowest BCUT2D eigenvalue weighted by molar-refractivity contribution is 0.101. The number of aromatic nitrogens is 2. The van der Waals surface area contributed by atoms with Crippen LogP contribution < -0.4 is 5.46 Å². The molecule has 0 aliphatic rings. The van der Waals surface area contributed by atoms with Crippen molar-refractivity contribution >= 4 is 37.4 Å². The van der Waals surface area contributed by atoms with E-state index in [9.17, 15) is 4.79 Å². The van der Waals surface area contributed by atoms with Gasteiger partial charge >= 0.3 is 0 Å². The largest absolute Gasteiger partial charge is 0.345 e. The fourth-order valence-corrected chi connectivity index (χ4v) is 1.52. The number of ketones is 1. The highest BCUT2D eigenvalue weighted by Crippen LogP contribution is 2.16. The fourth-order valence-electron chi connectivity index (χ4n) is 1.52. The second-order valence-electron chi connectivity index (χ2n) is 3.28. The van der Waals surface area contributed by atoms with Crippen LogP contribution in [0, 0.1) is 0 Å². The number of nitrogens with one attached hydrogen (secondary N) is 1. The molecule has 0 amide bonds. The minimum atomic E-state index is -0.0729. The van der Waals surface area contributed by atoms with Crippen molar-refractivity contribution in [2.75, 3.05) is 0 Å². The molecule has 1 N–H and O–H groups in total. The highest BCUT2D eigenvalue weighted by Gasteiger charge is 2.10. The molecule has 0 saturated heterocycles. The Morgan fingerprint density at radius 1 is 1.67 bits per heavy atom. The van der Waals surface area contributed by atoms with Gasteiger partial charge in [0.25, 0.3) is 0 Å². The summed E-state index contributed by atoms with van der Waals surface area (Å²) in [5.41, 5.74) is 2.33. The third kappa shape index (κ3) is 1.69. The van der Waals surface area contributed by atoms with E-state index in [0.717, 1.165) is 16.5 Å². The van der Waals surface area contributed by atoms with E-state index >= 15 is 0 Å². The van der Waals surface area contributed by atoms with Gasteiger partial charge in [-0.15, -0.1) is 0 Å². The van der Waals surface area contributed by atoms with Gasteiger partial charge in [-0.1, -0.05) is 18.4 Å². The number of rotatable bonds is 3. The monoisotopic (exact) mass is 195 g/mol. The van der Waals surface area contributed by atoms with Gasteiger partial charge in [0.2, 0.25) is 0 Å². The number of hydrogen-bond donors (Lipinski definition) is 1. The molecule has 0 bridgehead atoms. The maximum absolute atomic E-state index is 11.5. The Bertz CT molecular complexity index is 507. The van der Waals surface area contributed by atoms with Crippen LogP contribution in [0.1, 0.15) is 10.4 Å². The normalized spacial score (nSPS) is 10.5. The van der Waals surface area contributed by atoms with Crippen molar-refractivity contribution in [3.05, 3.63) is 24.0 Å². The smallest absolute Gasteiger partial charge is 0.156 e. The molecule has 0 saturated carbocycles. The molecule has 5 heteroatoms. The van der Waals surface area contributed by atoms with Gasteiger partial charge in [-0.3, -0.25) is 4.79 Å². The molecule has 3 nitrogen and oxygen atoms in total. The first-order chi connectivity index (χ1) is 7.26. The van der Waals surface area contributed by atoms with Gasteiger partial charge in [-0.05, 0) is 6.32 Å². The number of hydrogen-bond acceptors (Lipinski definition) is 2. The number of Topliss-reactive ketones (excluding diaryl/α,β-unsaturated/α-hetero) is 1. The predicted octanol–water partition coefficient (Wildman–Crippen LogP) is 0.710. The summed E-state index contributed by atoms with van der Waals surface area (Å²) < 4.78 is 0. The second-order valence-corrected chi connectivity index (χ2v) is 3.28. The van der Waals surface area contributed by atoms with Gasteiger partial charge in [0.05, 0.1) is 7.85 Å². The maximum Gasteiger partial charge on any atom is 0.156 e. The van der Waals surface area contributed by atoms with Crippen LogP contribution in [0.2, 0.25) is 13.1 Å². The van der Waals surface area contributed by atoms with E-state index in [1.54, 1.807) is 12.4 Å². The molecule has 0 fully saturated rings. The van der Waals surface area contributed by atoms with Crippen LogP contribution in [0.4, 0.5) is 0 Å². The van der Waals surface area contributed by atoms with Gasteiger partial charge in [-0.25, -0.2) is 4.98 Å². The van der Waals surface area contributed by atoms with E-state index in [4.69, 9.17) is 7.85 Å². The van der Waals surface area contributed by atoms with Crippen LogP contribution in [0.3, 0.4) is 0 Å². The standard InChI is InChI=1S/C10H9B2N2O/c1-12-6-2-7-8(9(15)3-11)5-14-10(7)13-4-6/h2,4-5H,3H2,1H3,(H,13,14). The average Bonchev–Trinajstić information content (AvgIpc) is 2.70. The van der Waals surface area contributed by atoms with Crippen LogP contribution in [-0.2, 0) is 0 Å². The number of aromatic amines is 1. The van der Waals surface area contributed by atoms with Crippen molar-refractivity contribution < 1.29 is 4.79 Å². The first-order valence-corrected chi connectivity index (χ1v) is 4.76. The van der Waals surface area contributed by atoms with E-state index in [2.05, 4.69) is 9.97 Å². The fraction of sp³-hybridized carbons (Fsp3) is 0.200. The van der Waals surface area contributed by atoms with Gasteiger partial charge < -0.3 is 4.98 Å². The average molecular weight is 195 g/mol. The van der Waals surface area contributed by atoms with Crippen molar-refractivity contribution in [2.24, 2.45) is 0 Å². The molecule has 71 valence electrons. The highest BCUT2D eigenvalue weighted by atomic mass is 16.1. The van der Waals surface area contributed by atoms with Gasteiger partial charge in [0.1, 0.15) is 12.9 Å². The van der Waals surface area contributed by atoms with E-state index in [0.29, 0.717) is 5.56 Å². The van der Waals surface area contributed by atoms with Crippen molar-refractivity contribution in [1.29, 1.82) is 0 Å². The van der Waals surface area contributed by atoms with Gasteiger partial charge in [0.15, 0.2) is 5.78 Å². The summed E-state index contributed by atoms with van der Waals surface area (Å²) in [5, 5.41) is 0.834. The predicted molar refractivity (Wildman–Crippen MR) is 62.2 cm³/mol. The van der Waals surface area contributed by atoms with Crippen LogP contribution in [-0.4, -0.2) is 30.9 Å². The molecule has 0 aliphatic heterocycles. The van der Waals surface area contributed by atoms with Crippen molar-refractivity contribution in [3.63, 3.8) is 0 Å². The second kappa shape index (κ2) is 3.93. The summed E-state index contributed by atoms with van der Waals surface area (Å²) >= 11 is 0. The van der Waals surface area contributed by atoms with Gasteiger partial charge in [0, 0.05) is 23.3 Å². The van der Waals surface area contributed by atoms with Crippen molar-refractivity contribution in [3.8, 4) is 0 Å². The molecule has 0 atom stereocenters. The Morgan fingerprint density at radius 2 is 2.47 bits per heavy atom. The zero-order chi connectivity index (χ0) is 10.8. The molecule has 2 heterocycles. The van der Waals surface area contributed by atoms with Crippen LogP contribution >= 0.6 is 0 Å². The number of H-pyrrole nitrogens is 1. The van der Waals surface area contributed by atoms with Crippen LogP contribution in [0.25, 0.3) is 11.0 Å². The molecule has 2 aromatic heterocycles. The Labute approximate surface area is 89.9 Å². The van der Waals surface area contributed by atoms with Crippen LogP contribution in [0.5, 0.6) is 0 Å². The molecule has 0 unspecified atom stereocenters. The van der Waals surface area contributed by atoms with Crippen molar-refractivity contribution in [1.82, 2.24) is 9.97 Å². The van der Waals surface area contributed by atoms with Crippen molar-refractivity contribution in [2.45, 2.75) is 13.1 Å².